The number of aliphatic hydroxyl groups excluding tert-OH is 1. The molecular weight excluding hydrogens is 421 g/mol. The van der Waals surface area contributed by atoms with Gasteiger partial charge in [-0.25, -0.2) is 9.18 Å². The van der Waals surface area contributed by atoms with Crippen molar-refractivity contribution < 1.29 is 19.1 Å². The number of amides is 3. The van der Waals surface area contributed by atoms with Gasteiger partial charge in [0.25, 0.3) is 0 Å². The number of aliphatic hydroxyl groups is 1. The summed E-state index contributed by atoms with van der Waals surface area (Å²) in [6.45, 7) is 0.390. The third-order valence-corrected chi connectivity index (χ3v) is 7.43. The lowest BCUT2D eigenvalue weighted by atomic mass is 9.73. The topological polar surface area (TPSA) is 72.9 Å². The van der Waals surface area contributed by atoms with Crippen molar-refractivity contribution in [2.75, 3.05) is 19.7 Å². The third-order valence-electron chi connectivity index (χ3n) is 7.43. The van der Waals surface area contributed by atoms with Gasteiger partial charge < -0.3 is 20.2 Å². The molecule has 6 nitrogen and oxygen atoms in total. The molecule has 7 heteroatoms. The molecule has 0 aromatic heterocycles. The number of nitrogens with zero attached hydrogens (tertiary/aromatic N) is 2. The molecule has 3 amide bonds. The fourth-order valence-electron chi connectivity index (χ4n) is 5.73. The maximum Gasteiger partial charge on any atom is 0.318 e. The van der Waals surface area contributed by atoms with Gasteiger partial charge >= 0.3 is 6.03 Å². The van der Waals surface area contributed by atoms with Crippen LogP contribution >= 0.6 is 0 Å². The minimum atomic E-state index is -0.286. The summed E-state index contributed by atoms with van der Waals surface area (Å²) in [5, 5.41) is 13.1. The Morgan fingerprint density at radius 3 is 2.52 bits per heavy atom. The molecule has 2 saturated heterocycles. The third kappa shape index (κ3) is 4.22. The van der Waals surface area contributed by atoms with Crippen LogP contribution in [0.4, 0.5) is 9.18 Å². The zero-order valence-electron chi connectivity index (χ0n) is 18.6. The Hall–Kier alpha value is -2.93. The molecule has 3 fully saturated rings. The first-order valence-corrected chi connectivity index (χ1v) is 11.9. The fraction of sp³-hybridized carbons (Fsp3) is 0.462. The molecule has 1 aliphatic carbocycles. The average molecular weight is 452 g/mol. The van der Waals surface area contributed by atoms with Gasteiger partial charge in [0.2, 0.25) is 5.91 Å². The highest BCUT2D eigenvalue weighted by Crippen LogP contribution is 2.43. The summed E-state index contributed by atoms with van der Waals surface area (Å²) in [5.41, 5.74) is 2.72. The Bertz CT molecular complexity index is 1020. The number of piperazine rings is 1. The Labute approximate surface area is 193 Å². The van der Waals surface area contributed by atoms with Gasteiger partial charge in [-0.3, -0.25) is 4.79 Å². The number of halogens is 1. The van der Waals surface area contributed by atoms with E-state index in [1.807, 2.05) is 30.3 Å². The number of nitrogens with one attached hydrogen (secondary N) is 1. The SMILES string of the molecule is O=C(NC1CCCCC1)N1CC(=O)N2[C@H](C1)[C@H](c1ccc(-c3cccc(F)c3)cc1)[C@@H]2CO. The minimum absolute atomic E-state index is 0.0502. The van der Waals surface area contributed by atoms with E-state index in [4.69, 9.17) is 0 Å². The smallest absolute Gasteiger partial charge is 0.318 e. The normalized spacial score (nSPS) is 25.4. The molecular formula is C26H30FN3O3. The molecule has 0 bridgehead atoms. The van der Waals surface area contributed by atoms with Crippen LogP contribution in [0.15, 0.2) is 48.5 Å². The monoisotopic (exact) mass is 451 g/mol. The van der Waals surface area contributed by atoms with Crippen molar-refractivity contribution in [3.63, 3.8) is 0 Å². The van der Waals surface area contributed by atoms with Crippen LogP contribution in [-0.2, 0) is 4.79 Å². The first kappa shape index (κ1) is 21.9. The van der Waals surface area contributed by atoms with E-state index in [9.17, 15) is 19.1 Å². The number of hydrogen-bond donors (Lipinski definition) is 2. The number of carbonyl (C=O) groups is 2. The summed E-state index contributed by atoms with van der Waals surface area (Å²) in [5.74, 6) is -0.443. The molecule has 2 aliphatic heterocycles. The van der Waals surface area contributed by atoms with Crippen LogP contribution in [0.2, 0.25) is 0 Å². The van der Waals surface area contributed by atoms with Crippen LogP contribution in [0.1, 0.15) is 43.6 Å². The predicted octanol–water partition coefficient (Wildman–Crippen LogP) is 3.51. The van der Waals surface area contributed by atoms with Crippen molar-refractivity contribution >= 4 is 11.9 Å². The molecule has 0 spiro atoms. The van der Waals surface area contributed by atoms with Gasteiger partial charge in [0.05, 0.1) is 18.7 Å². The van der Waals surface area contributed by atoms with Crippen molar-refractivity contribution in [3.8, 4) is 11.1 Å². The largest absolute Gasteiger partial charge is 0.394 e. The highest BCUT2D eigenvalue weighted by molar-refractivity contribution is 5.87. The van der Waals surface area contributed by atoms with Crippen LogP contribution in [0.25, 0.3) is 11.1 Å². The molecule has 1 saturated carbocycles. The maximum atomic E-state index is 13.6. The number of urea groups is 1. The zero-order chi connectivity index (χ0) is 22.9. The van der Waals surface area contributed by atoms with Crippen molar-refractivity contribution in [2.45, 2.75) is 56.1 Å². The number of hydrogen-bond acceptors (Lipinski definition) is 3. The minimum Gasteiger partial charge on any atom is -0.394 e. The van der Waals surface area contributed by atoms with Crippen LogP contribution in [-0.4, -0.2) is 64.7 Å². The number of rotatable bonds is 4. The molecule has 3 atom stereocenters. The lowest BCUT2D eigenvalue weighted by molar-refractivity contribution is -0.159. The van der Waals surface area contributed by atoms with Gasteiger partial charge in [0.15, 0.2) is 0 Å². The van der Waals surface area contributed by atoms with E-state index in [1.54, 1.807) is 15.9 Å². The van der Waals surface area contributed by atoms with Crippen molar-refractivity contribution in [1.82, 2.24) is 15.1 Å². The van der Waals surface area contributed by atoms with Gasteiger partial charge in [0, 0.05) is 18.5 Å². The van der Waals surface area contributed by atoms with Crippen molar-refractivity contribution in [3.05, 3.63) is 59.9 Å². The molecule has 5 rings (SSSR count). The van der Waals surface area contributed by atoms with E-state index in [-0.39, 0.29) is 55.0 Å². The molecule has 2 N–H and O–H groups in total. The second-order valence-electron chi connectivity index (χ2n) is 9.44. The summed E-state index contributed by atoms with van der Waals surface area (Å²) >= 11 is 0. The van der Waals surface area contributed by atoms with E-state index in [0.717, 1.165) is 42.4 Å². The summed E-state index contributed by atoms with van der Waals surface area (Å²) < 4.78 is 13.6. The van der Waals surface area contributed by atoms with E-state index in [0.29, 0.717) is 6.54 Å². The first-order chi connectivity index (χ1) is 16.0. The van der Waals surface area contributed by atoms with Gasteiger partial charge in [-0.05, 0) is 41.7 Å². The Morgan fingerprint density at radius 1 is 1.06 bits per heavy atom. The Morgan fingerprint density at radius 2 is 1.82 bits per heavy atom. The summed E-state index contributed by atoms with van der Waals surface area (Å²) in [4.78, 5) is 29.1. The van der Waals surface area contributed by atoms with Gasteiger partial charge in [-0.1, -0.05) is 55.7 Å². The van der Waals surface area contributed by atoms with Gasteiger partial charge in [-0.15, -0.1) is 0 Å². The van der Waals surface area contributed by atoms with Crippen LogP contribution in [0.3, 0.4) is 0 Å². The second-order valence-corrected chi connectivity index (χ2v) is 9.44. The second kappa shape index (κ2) is 9.14. The van der Waals surface area contributed by atoms with Crippen molar-refractivity contribution in [1.29, 1.82) is 0 Å². The van der Waals surface area contributed by atoms with Crippen LogP contribution in [0, 0.1) is 5.82 Å². The quantitative estimate of drug-likeness (QED) is 0.747. The van der Waals surface area contributed by atoms with E-state index >= 15 is 0 Å². The molecule has 2 aromatic carbocycles. The highest BCUT2D eigenvalue weighted by atomic mass is 19.1. The lowest BCUT2D eigenvalue weighted by Crippen LogP contribution is -2.74. The summed E-state index contributed by atoms with van der Waals surface area (Å²) in [6, 6.07) is 13.9. The van der Waals surface area contributed by atoms with E-state index in [2.05, 4.69) is 5.32 Å². The highest BCUT2D eigenvalue weighted by Gasteiger charge is 2.54. The van der Waals surface area contributed by atoms with Gasteiger partial charge in [-0.2, -0.15) is 0 Å². The summed E-state index contributed by atoms with van der Waals surface area (Å²) in [6.07, 6.45) is 5.47. The summed E-state index contributed by atoms with van der Waals surface area (Å²) in [7, 11) is 0. The molecule has 3 aliphatic rings. The zero-order valence-corrected chi connectivity index (χ0v) is 18.6. The Balaban J connectivity index is 1.31. The standard InChI is InChI=1S/C26H30FN3O3/c27-20-6-4-5-19(13-20)17-9-11-18(12-10-17)25-22-14-29(15-24(32)30(22)23(25)16-31)26(33)28-21-7-2-1-3-8-21/h4-6,9-13,21-23,25,31H,1-3,7-8,14-16H2,(H,28,33)/t22-,23+,25+/m1/s1. The molecule has 0 radical (unpaired) electrons. The number of fused-ring (bicyclic) bond motifs is 1. The predicted molar refractivity (Wildman–Crippen MR) is 123 cm³/mol. The number of carbonyl (C=O) groups excluding carboxylic acids is 2. The maximum absolute atomic E-state index is 13.6. The molecule has 0 unspecified atom stereocenters. The van der Waals surface area contributed by atoms with Gasteiger partial charge in [0.1, 0.15) is 12.4 Å². The average Bonchev–Trinajstić information content (AvgIpc) is 2.81. The lowest BCUT2D eigenvalue weighted by Gasteiger charge is -2.58. The fourth-order valence-corrected chi connectivity index (χ4v) is 5.73. The first-order valence-electron chi connectivity index (χ1n) is 11.9. The van der Waals surface area contributed by atoms with E-state index < -0.39 is 0 Å². The van der Waals surface area contributed by atoms with Crippen LogP contribution < -0.4 is 5.32 Å². The molecule has 2 aromatic rings. The molecule has 33 heavy (non-hydrogen) atoms. The van der Waals surface area contributed by atoms with Crippen LogP contribution in [0.5, 0.6) is 0 Å². The van der Waals surface area contributed by atoms with E-state index in [1.165, 1.54) is 18.6 Å². The molecule has 174 valence electrons. The van der Waals surface area contributed by atoms with Crippen molar-refractivity contribution in [2.24, 2.45) is 0 Å². The number of benzene rings is 2. The Kier molecular flexibility index (Phi) is 6.06. The molecule has 2 heterocycles.